The van der Waals surface area contributed by atoms with Crippen molar-refractivity contribution in [2.75, 3.05) is 0 Å². The number of hydrazine groups is 1. The van der Waals surface area contributed by atoms with Gasteiger partial charge in [0.15, 0.2) is 4.32 Å². The van der Waals surface area contributed by atoms with Crippen molar-refractivity contribution in [1.29, 1.82) is 0 Å². The van der Waals surface area contributed by atoms with Gasteiger partial charge in [0.05, 0.1) is 15.3 Å². The van der Waals surface area contributed by atoms with Crippen molar-refractivity contribution in [1.82, 2.24) is 10.4 Å². The highest BCUT2D eigenvalue weighted by Crippen LogP contribution is 2.60. The number of nitrogens with zero attached hydrogens (tertiary/aromatic N) is 1. The van der Waals surface area contributed by atoms with Crippen molar-refractivity contribution in [3.8, 4) is 11.3 Å². The van der Waals surface area contributed by atoms with Crippen molar-refractivity contribution in [3.63, 3.8) is 0 Å². The van der Waals surface area contributed by atoms with Gasteiger partial charge in [-0.15, -0.1) is 0 Å². The molecule has 5 fully saturated rings. The van der Waals surface area contributed by atoms with E-state index in [0.29, 0.717) is 54.1 Å². The van der Waals surface area contributed by atoms with E-state index in [-0.39, 0.29) is 17.2 Å². The number of benzene rings is 1. The molecule has 0 spiro atoms. The van der Waals surface area contributed by atoms with Crippen molar-refractivity contribution in [2.45, 2.75) is 38.5 Å². The Morgan fingerprint density at radius 2 is 1.79 bits per heavy atom. The molecular formula is C25H22Cl2N2O3S2. The molecule has 4 bridgehead atoms. The third-order valence-electron chi connectivity index (χ3n) is 7.62. The molecule has 1 N–H and O–H groups in total. The molecule has 2 heterocycles. The largest absolute Gasteiger partial charge is 0.457 e. The van der Waals surface area contributed by atoms with Crippen LogP contribution in [0.1, 0.15) is 44.3 Å². The van der Waals surface area contributed by atoms with E-state index in [1.54, 1.807) is 36.4 Å². The first-order chi connectivity index (χ1) is 16.3. The van der Waals surface area contributed by atoms with Gasteiger partial charge in [0.2, 0.25) is 5.91 Å². The van der Waals surface area contributed by atoms with E-state index in [1.807, 2.05) is 0 Å². The molecule has 0 radical (unpaired) electrons. The van der Waals surface area contributed by atoms with Crippen LogP contribution in [0.15, 0.2) is 39.7 Å². The van der Waals surface area contributed by atoms with Gasteiger partial charge < -0.3 is 4.42 Å². The third kappa shape index (κ3) is 3.91. The average Bonchev–Trinajstić information content (AvgIpc) is 3.34. The SMILES string of the molecule is O=C1/C(=C\c2ccc(-c3cc(Cl)ccc3Cl)o2)SC(=S)N1NC(=O)C12CC3CC(CC(C3)C1)C2. The molecule has 1 saturated heterocycles. The smallest absolute Gasteiger partial charge is 0.285 e. The lowest BCUT2D eigenvalue weighted by Crippen LogP contribution is -2.57. The minimum atomic E-state index is -0.353. The fraction of sp³-hybridized carbons (Fsp3) is 0.400. The Labute approximate surface area is 217 Å². The highest BCUT2D eigenvalue weighted by Gasteiger charge is 2.55. The molecule has 1 aromatic carbocycles. The van der Waals surface area contributed by atoms with Gasteiger partial charge in [-0.1, -0.05) is 35.0 Å². The third-order valence-corrected chi connectivity index (χ3v) is 9.49. The summed E-state index contributed by atoms with van der Waals surface area (Å²) in [5.74, 6) is 2.56. The van der Waals surface area contributed by atoms with Crippen LogP contribution in [0.3, 0.4) is 0 Å². The van der Waals surface area contributed by atoms with Crippen LogP contribution in [-0.2, 0) is 9.59 Å². The average molecular weight is 534 g/mol. The summed E-state index contributed by atoms with van der Waals surface area (Å²) in [4.78, 5) is 26.9. The molecule has 0 unspecified atom stereocenters. The molecule has 4 aliphatic carbocycles. The maximum Gasteiger partial charge on any atom is 0.285 e. The van der Waals surface area contributed by atoms with Gasteiger partial charge >= 0.3 is 0 Å². The first-order valence-corrected chi connectivity index (χ1v) is 13.4. The number of thioether (sulfide) groups is 1. The lowest BCUT2D eigenvalue weighted by molar-refractivity contribution is -0.152. The summed E-state index contributed by atoms with van der Waals surface area (Å²) >= 11 is 19.0. The van der Waals surface area contributed by atoms with Gasteiger partial charge in [0.1, 0.15) is 11.5 Å². The van der Waals surface area contributed by atoms with Crippen LogP contribution in [0.2, 0.25) is 10.0 Å². The maximum absolute atomic E-state index is 13.4. The molecule has 2 aromatic rings. The first kappa shape index (κ1) is 22.7. The zero-order valence-corrected chi connectivity index (χ0v) is 21.3. The number of nitrogens with one attached hydrogen (secondary N) is 1. The van der Waals surface area contributed by atoms with E-state index in [0.717, 1.165) is 31.0 Å². The van der Waals surface area contributed by atoms with Crippen molar-refractivity contribution in [3.05, 3.63) is 51.0 Å². The quantitative estimate of drug-likeness (QED) is 0.350. The Balaban J connectivity index is 1.19. The summed E-state index contributed by atoms with van der Waals surface area (Å²) in [6.45, 7) is 0. The minimum absolute atomic E-state index is 0.0555. The Morgan fingerprint density at radius 3 is 2.47 bits per heavy atom. The first-order valence-electron chi connectivity index (χ1n) is 11.4. The normalized spacial score (nSPS) is 31.1. The number of amides is 2. The minimum Gasteiger partial charge on any atom is -0.457 e. The standard InChI is InChI=1S/C25H22Cl2N2O3S2/c26-16-1-3-19(27)18(8-16)20-4-2-17(32-20)9-21-22(30)29(24(33)34-21)28-23(31)25-10-13-5-14(11-25)7-15(6-13)12-25/h1-4,8-9,13-15H,5-7,10-12H2,(H,28,31)/b21-9+. The van der Waals surface area contributed by atoms with E-state index in [2.05, 4.69) is 5.43 Å². The van der Waals surface area contributed by atoms with Gasteiger partial charge in [-0.2, -0.15) is 5.01 Å². The number of carbonyl (C=O) groups excluding carboxylic acids is 2. The molecule has 4 saturated carbocycles. The molecule has 34 heavy (non-hydrogen) atoms. The van der Waals surface area contributed by atoms with Crippen LogP contribution < -0.4 is 5.43 Å². The lowest BCUT2D eigenvalue weighted by atomic mass is 9.49. The summed E-state index contributed by atoms with van der Waals surface area (Å²) in [6, 6.07) is 8.68. The zero-order chi connectivity index (χ0) is 23.6. The van der Waals surface area contributed by atoms with Gasteiger partial charge in [0.25, 0.3) is 5.91 Å². The number of furan rings is 1. The van der Waals surface area contributed by atoms with Crippen molar-refractivity contribution >= 4 is 69.4 Å². The second-order valence-electron chi connectivity index (χ2n) is 9.98. The van der Waals surface area contributed by atoms with Crippen LogP contribution in [-0.4, -0.2) is 21.1 Å². The van der Waals surface area contributed by atoms with Gasteiger partial charge in [-0.05, 0) is 98.8 Å². The second-order valence-corrected chi connectivity index (χ2v) is 12.5. The van der Waals surface area contributed by atoms with Gasteiger partial charge in [0, 0.05) is 16.7 Å². The summed E-state index contributed by atoms with van der Waals surface area (Å²) in [5.41, 5.74) is 3.19. The monoisotopic (exact) mass is 532 g/mol. The van der Waals surface area contributed by atoms with Crippen molar-refractivity contribution in [2.24, 2.45) is 23.2 Å². The molecule has 9 heteroatoms. The van der Waals surface area contributed by atoms with E-state index >= 15 is 0 Å². The molecule has 2 amide bonds. The summed E-state index contributed by atoms with van der Waals surface area (Å²) in [5, 5.41) is 2.29. The highest BCUT2D eigenvalue weighted by molar-refractivity contribution is 8.26. The van der Waals surface area contributed by atoms with Crippen LogP contribution in [0, 0.1) is 23.2 Å². The number of hydrogen-bond acceptors (Lipinski definition) is 5. The Morgan fingerprint density at radius 1 is 1.12 bits per heavy atom. The number of hydrogen-bond donors (Lipinski definition) is 1. The second kappa shape index (κ2) is 8.40. The number of thiocarbonyl (C=S) groups is 1. The number of rotatable bonds is 4. The predicted molar refractivity (Wildman–Crippen MR) is 138 cm³/mol. The fourth-order valence-electron chi connectivity index (χ4n) is 6.56. The lowest BCUT2D eigenvalue weighted by Gasteiger charge is -2.55. The molecular weight excluding hydrogens is 511 g/mol. The zero-order valence-electron chi connectivity index (χ0n) is 18.2. The predicted octanol–water partition coefficient (Wildman–Crippen LogP) is 6.70. The van der Waals surface area contributed by atoms with Crippen LogP contribution in [0.25, 0.3) is 17.4 Å². The molecule has 7 rings (SSSR count). The van der Waals surface area contributed by atoms with Crippen LogP contribution >= 0.6 is 47.2 Å². The van der Waals surface area contributed by atoms with Crippen LogP contribution in [0.4, 0.5) is 0 Å². The summed E-state index contributed by atoms with van der Waals surface area (Å²) in [6.07, 6.45) is 8.17. The van der Waals surface area contributed by atoms with Gasteiger partial charge in [-0.25, -0.2) is 0 Å². The van der Waals surface area contributed by atoms with Gasteiger partial charge in [-0.3, -0.25) is 15.0 Å². The highest BCUT2D eigenvalue weighted by atomic mass is 35.5. The maximum atomic E-state index is 13.4. The number of halogens is 2. The fourth-order valence-corrected chi connectivity index (χ4v) is 8.11. The molecule has 5 aliphatic rings. The Bertz CT molecular complexity index is 1220. The van der Waals surface area contributed by atoms with E-state index in [4.69, 9.17) is 39.8 Å². The summed E-state index contributed by atoms with van der Waals surface area (Å²) < 4.78 is 6.22. The Kier molecular flexibility index (Phi) is 5.60. The van der Waals surface area contributed by atoms with Crippen LogP contribution in [0.5, 0.6) is 0 Å². The molecule has 0 atom stereocenters. The number of carbonyl (C=O) groups is 2. The van der Waals surface area contributed by atoms with E-state index in [1.165, 1.54) is 24.3 Å². The topological polar surface area (TPSA) is 62.6 Å². The van der Waals surface area contributed by atoms with E-state index < -0.39 is 0 Å². The Hall–Kier alpha value is -1.80. The van der Waals surface area contributed by atoms with Crippen molar-refractivity contribution < 1.29 is 14.0 Å². The molecule has 1 aliphatic heterocycles. The molecule has 5 nitrogen and oxygen atoms in total. The molecule has 1 aromatic heterocycles. The summed E-state index contributed by atoms with van der Waals surface area (Å²) in [7, 11) is 0. The van der Waals surface area contributed by atoms with E-state index in [9.17, 15) is 9.59 Å². The molecule has 176 valence electrons.